The molecule has 2 unspecified atom stereocenters. The van der Waals surface area contributed by atoms with Crippen molar-refractivity contribution in [1.29, 1.82) is 5.26 Å². The lowest BCUT2D eigenvalue weighted by Gasteiger charge is -2.27. The number of nitriles is 1. The molecule has 0 saturated carbocycles. The molecule has 1 aliphatic carbocycles. The zero-order valence-electron chi connectivity index (χ0n) is 6.70. The fourth-order valence-electron chi connectivity index (χ4n) is 1.15. The fourth-order valence-corrected chi connectivity index (χ4v) is 1.15. The Morgan fingerprint density at radius 3 is 2.82 bits per heavy atom. The highest BCUT2D eigenvalue weighted by atomic mass is 16.3. The molecule has 1 rings (SSSR count). The van der Waals surface area contributed by atoms with Gasteiger partial charge in [-0.05, 0) is 19.4 Å². The minimum absolute atomic E-state index is 0.655. The maximum Gasteiger partial charge on any atom is 0.102 e. The molecule has 58 valence electrons. The Morgan fingerprint density at radius 1 is 1.73 bits per heavy atom. The molecule has 0 saturated heterocycles. The zero-order chi connectivity index (χ0) is 8.48. The molecular formula is C9H11NO. The molecule has 0 spiro atoms. The van der Waals surface area contributed by atoms with Crippen molar-refractivity contribution in [2.75, 3.05) is 0 Å². The molecule has 0 aromatic rings. The average Bonchev–Trinajstić information content (AvgIpc) is 2.00. The van der Waals surface area contributed by atoms with E-state index >= 15 is 0 Å². The van der Waals surface area contributed by atoms with Gasteiger partial charge in [-0.1, -0.05) is 18.2 Å². The van der Waals surface area contributed by atoms with Gasteiger partial charge < -0.3 is 5.11 Å². The number of aliphatic hydroxyl groups excluding tert-OH is 1. The van der Waals surface area contributed by atoms with Gasteiger partial charge in [0.15, 0.2) is 0 Å². The molecule has 0 aromatic heterocycles. The predicted molar refractivity (Wildman–Crippen MR) is 42.6 cm³/mol. The number of nitrogens with zero attached hydrogens (tertiary/aromatic N) is 1. The molecule has 2 nitrogen and oxygen atoms in total. The van der Waals surface area contributed by atoms with Crippen LogP contribution in [0.25, 0.3) is 0 Å². The molecule has 2 atom stereocenters. The van der Waals surface area contributed by atoms with Crippen LogP contribution in [0.1, 0.15) is 13.8 Å². The van der Waals surface area contributed by atoms with Gasteiger partial charge in [0.05, 0.1) is 12.2 Å². The minimum Gasteiger partial charge on any atom is -0.387 e. The van der Waals surface area contributed by atoms with Gasteiger partial charge in [-0.25, -0.2) is 0 Å². The van der Waals surface area contributed by atoms with Crippen molar-refractivity contribution in [1.82, 2.24) is 0 Å². The lowest BCUT2D eigenvalue weighted by molar-refractivity contribution is 0.135. The van der Waals surface area contributed by atoms with E-state index in [1.807, 2.05) is 19.1 Å². The number of hydrogen-bond acceptors (Lipinski definition) is 2. The van der Waals surface area contributed by atoms with Crippen molar-refractivity contribution < 1.29 is 5.11 Å². The van der Waals surface area contributed by atoms with Gasteiger partial charge >= 0.3 is 0 Å². The van der Waals surface area contributed by atoms with Crippen molar-refractivity contribution in [3.05, 3.63) is 23.8 Å². The van der Waals surface area contributed by atoms with Gasteiger partial charge in [-0.2, -0.15) is 5.26 Å². The molecule has 1 aliphatic rings. The second-order valence-electron chi connectivity index (χ2n) is 3.07. The van der Waals surface area contributed by atoms with Crippen LogP contribution in [0.3, 0.4) is 0 Å². The van der Waals surface area contributed by atoms with Gasteiger partial charge in [0, 0.05) is 0 Å². The molecule has 11 heavy (non-hydrogen) atoms. The SMILES string of the molecule is CC1=CC=CC(C)(C#N)C1O. The topological polar surface area (TPSA) is 44.0 Å². The normalized spacial score (nSPS) is 36.2. The fraction of sp³-hybridized carbons (Fsp3) is 0.444. The summed E-state index contributed by atoms with van der Waals surface area (Å²) in [6.45, 7) is 3.55. The van der Waals surface area contributed by atoms with Crippen LogP contribution in [-0.2, 0) is 0 Å². The molecule has 2 heteroatoms. The van der Waals surface area contributed by atoms with E-state index in [4.69, 9.17) is 5.26 Å². The maximum atomic E-state index is 9.55. The van der Waals surface area contributed by atoms with Crippen LogP contribution in [0.4, 0.5) is 0 Å². The Labute approximate surface area is 66.5 Å². The molecule has 0 aliphatic heterocycles. The third-order valence-corrected chi connectivity index (χ3v) is 2.04. The highest BCUT2D eigenvalue weighted by Crippen LogP contribution is 2.30. The third kappa shape index (κ3) is 1.20. The van der Waals surface area contributed by atoms with E-state index in [-0.39, 0.29) is 0 Å². The minimum atomic E-state index is -0.737. The second-order valence-corrected chi connectivity index (χ2v) is 3.07. The van der Waals surface area contributed by atoms with Gasteiger partial charge in [0.2, 0.25) is 0 Å². The predicted octanol–water partition coefficient (Wildman–Crippen LogP) is 1.39. The quantitative estimate of drug-likeness (QED) is 0.565. The average molecular weight is 149 g/mol. The first-order valence-electron chi connectivity index (χ1n) is 3.55. The van der Waals surface area contributed by atoms with Crippen LogP contribution in [0.2, 0.25) is 0 Å². The Balaban J connectivity index is 3.00. The van der Waals surface area contributed by atoms with E-state index in [0.29, 0.717) is 0 Å². The molecule has 0 bridgehead atoms. The van der Waals surface area contributed by atoms with Crippen molar-refractivity contribution in [2.24, 2.45) is 5.41 Å². The Bertz CT molecular complexity index is 259. The first-order chi connectivity index (χ1) is 5.10. The van der Waals surface area contributed by atoms with E-state index in [0.717, 1.165) is 5.57 Å². The van der Waals surface area contributed by atoms with Crippen molar-refractivity contribution in [3.8, 4) is 6.07 Å². The van der Waals surface area contributed by atoms with Gasteiger partial charge in [-0.15, -0.1) is 0 Å². The largest absolute Gasteiger partial charge is 0.387 e. The number of rotatable bonds is 0. The summed E-state index contributed by atoms with van der Waals surface area (Å²) in [5.74, 6) is 0. The van der Waals surface area contributed by atoms with Crippen molar-refractivity contribution in [3.63, 3.8) is 0 Å². The monoisotopic (exact) mass is 149 g/mol. The van der Waals surface area contributed by atoms with E-state index in [1.165, 1.54) is 0 Å². The Morgan fingerprint density at radius 2 is 2.36 bits per heavy atom. The molecular weight excluding hydrogens is 138 g/mol. The number of hydrogen-bond donors (Lipinski definition) is 1. The highest BCUT2D eigenvalue weighted by molar-refractivity contribution is 5.31. The summed E-state index contributed by atoms with van der Waals surface area (Å²) in [5.41, 5.74) is 0.107. The summed E-state index contributed by atoms with van der Waals surface area (Å²) >= 11 is 0. The van der Waals surface area contributed by atoms with Crippen LogP contribution in [0.15, 0.2) is 23.8 Å². The van der Waals surface area contributed by atoms with Crippen molar-refractivity contribution >= 4 is 0 Å². The summed E-state index contributed by atoms with van der Waals surface area (Å²) in [4.78, 5) is 0. The molecule has 0 aromatic carbocycles. The summed E-state index contributed by atoms with van der Waals surface area (Å²) in [6.07, 6.45) is 4.71. The lowest BCUT2D eigenvalue weighted by Crippen LogP contribution is -2.31. The van der Waals surface area contributed by atoms with Gasteiger partial charge in [0.25, 0.3) is 0 Å². The van der Waals surface area contributed by atoms with Crippen LogP contribution >= 0.6 is 0 Å². The Hall–Kier alpha value is -1.07. The first kappa shape index (κ1) is 8.03. The molecule has 0 heterocycles. The summed E-state index contributed by atoms with van der Waals surface area (Å²) in [5, 5.41) is 18.3. The van der Waals surface area contributed by atoms with Crippen LogP contribution in [-0.4, -0.2) is 11.2 Å². The Kier molecular flexibility index (Phi) is 1.84. The standard InChI is InChI=1S/C9H11NO/c1-7-4-3-5-9(2,6-10)8(7)11/h3-5,8,11H,1-2H3. The summed E-state index contributed by atoms with van der Waals surface area (Å²) < 4.78 is 0. The first-order valence-corrected chi connectivity index (χ1v) is 3.55. The van der Waals surface area contributed by atoms with E-state index in [1.54, 1.807) is 13.0 Å². The van der Waals surface area contributed by atoms with Crippen LogP contribution in [0.5, 0.6) is 0 Å². The smallest absolute Gasteiger partial charge is 0.102 e. The van der Waals surface area contributed by atoms with E-state index < -0.39 is 11.5 Å². The molecule has 0 amide bonds. The van der Waals surface area contributed by atoms with Crippen LogP contribution < -0.4 is 0 Å². The summed E-state index contributed by atoms with van der Waals surface area (Å²) in [6, 6.07) is 2.08. The number of aliphatic hydroxyl groups is 1. The highest BCUT2D eigenvalue weighted by Gasteiger charge is 2.32. The number of allylic oxidation sites excluding steroid dienone is 2. The molecule has 0 fully saturated rings. The zero-order valence-corrected chi connectivity index (χ0v) is 6.70. The van der Waals surface area contributed by atoms with Gasteiger partial charge in [-0.3, -0.25) is 0 Å². The third-order valence-electron chi connectivity index (χ3n) is 2.04. The second kappa shape index (κ2) is 2.52. The maximum absolute atomic E-state index is 9.55. The van der Waals surface area contributed by atoms with E-state index in [2.05, 4.69) is 6.07 Å². The molecule has 1 N–H and O–H groups in total. The van der Waals surface area contributed by atoms with Gasteiger partial charge in [0.1, 0.15) is 5.41 Å². The van der Waals surface area contributed by atoms with Crippen LogP contribution in [0, 0.1) is 16.7 Å². The van der Waals surface area contributed by atoms with E-state index in [9.17, 15) is 5.11 Å². The lowest BCUT2D eigenvalue weighted by atomic mass is 9.79. The van der Waals surface area contributed by atoms with Crippen molar-refractivity contribution in [2.45, 2.75) is 20.0 Å². The summed E-state index contributed by atoms with van der Waals surface area (Å²) in [7, 11) is 0. The molecule has 0 radical (unpaired) electrons.